The lowest BCUT2D eigenvalue weighted by Crippen LogP contribution is -2.11. The van der Waals surface area contributed by atoms with E-state index < -0.39 is 0 Å². The normalized spacial score (nSPS) is 10.8. The molecule has 0 unspecified atom stereocenters. The van der Waals surface area contributed by atoms with Gasteiger partial charge >= 0.3 is 0 Å². The lowest BCUT2D eigenvalue weighted by molar-refractivity contribution is 0.501. The average molecular weight is 177 g/mol. The fourth-order valence-electron chi connectivity index (χ4n) is 1.12. The van der Waals surface area contributed by atoms with E-state index in [9.17, 15) is 0 Å². The lowest BCUT2D eigenvalue weighted by atomic mass is 10.5. The van der Waals surface area contributed by atoms with Crippen LogP contribution in [0, 0.1) is 0 Å². The predicted molar refractivity (Wildman–Crippen MR) is 49.2 cm³/mol. The Balaban J connectivity index is 2.28. The number of fused-ring (bicyclic) bond motifs is 1. The van der Waals surface area contributed by atoms with Crippen molar-refractivity contribution in [3.63, 3.8) is 0 Å². The zero-order chi connectivity index (χ0) is 9.10. The number of pyridine rings is 1. The molecule has 1 N–H and O–H groups in total. The topological polar surface area (TPSA) is 51.0 Å². The summed E-state index contributed by atoms with van der Waals surface area (Å²) in [7, 11) is 0. The summed E-state index contributed by atoms with van der Waals surface area (Å²) in [6.07, 6.45) is 1.71. The SMILES string of the molecule is CCNCc1nc2ncccc2o1. The largest absolute Gasteiger partial charge is 0.438 e. The van der Waals surface area contributed by atoms with Gasteiger partial charge in [-0.1, -0.05) is 6.92 Å². The van der Waals surface area contributed by atoms with Gasteiger partial charge in [0.2, 0.25) is 5.89 Å². The third-order valence-corrected chi connectivity index (χ3v) is 1.74. The second-order valence-corrected chi connectivity index (χ2v) is 2.71. The number of rotatable bonds is 3. The van der Waals surface area contributed by atoms with Crippen molar-refractivity contribution in [2.75, 3.05) is 6.54 Å². The first-order valence-corrected chi connectivity index (χ1v) is 4.31. The van der Waals surface area contributed by atoms with Gasteiger partial charge < -0.3 is 9.73 Å². The quantitative estimate of drug-likeness (QED) is 0.768. The molecule has 0 aliphatic heterocycles. The van der Waals surface area contributed by atoms with Gasteiger partial charge in [-0.05, 0) is 18.7 Å². The van der Waals surface area contributed by atoms with Crippen molar-refractivity contribution in [3.8, 4) is 0 Å². The third-order valence-electron chi connectivity index (χ3n) is 1.74. The van der Waals surface area contributed by atoms with Crippen LogP contribution in [0.15, 0.2) is 22.7 Å². The molecule has 0 aromatic carbocycles. The fraction of sp³-hybridized carbons (Fsp3) is 0.333. The van der Waals surface area contributed by atoms with Gasteiger partial charge in [0.25, 0.3) is 0 Å². The number of hydrogen-bond donors (Lipinski definition) is 1. The first kappa shape index (κ1) is 8.19. The number of hydrogen-bond acceptors (Lipinski definition) is 4. The molecule has 0 aliphatic carbocycles. The number of nitrogens with zero attached hydrogens (tertiary/aromatic N) is 2. The van der Waals surface area contributed by atoms with E-state index in [4.69, 9.17) is 4.42 Å². The van der Waals surface area contributed by atoms with Crippen LogP contribution in [0.25, 0.3) is 11.2 Å². The van der Waals surface area contributed by atoms with Crippen molar-refractivity contribution in [1.82, 2.24) is 15.3 Å². The van der Waals surface area contributed by atoms with Crippen LogP contribution >= 0.6 is 0 Å². The molecule has 2 aromatic heterocycles. The van der Waals surface area contributed by atoms with Crippen LogP contribution in [-0.2, 0) is 6.54 Å². The van der Waals surface area contributed by atoms with E-state index in [2.05, 4.69) is 15.3 Å². The summed E-state index contributed by atoms with van der Waals surface area (Å²) < 4.78 is 5.43. The van der Waals surface area contributed by atoms with Crippen LogP contribution in [0.1, 0.15) is 12.8 Å². The van der Waals surface area contributed by atoms with Gasteiger partial charge in [-0.2, -0.15) is 4.98 Å². The van der Waals surface area contributed by atoms with Crippen LogP contribution in [0.5, 0.6) is 0 Å². The van der Waals surface area contributed by atoms with Crippen LogP contribution < -0.4 is 5.32 Å². The Morgan fingerprint density at radius 3 is 3.23 bits per heavy atom. The molecule has 0 fully saturated rings. The Hall–Kier alpha value is -1.42. The summed E-state index contributed by atoms with van der Waals surface area (Å²) in [5.41, 5.74) is 1.42. The molecule has 0 aliphatic rings. The Kier molecular flexibility index (Phi) is 2.23. The lowest BCUT2D eigenvalue weighted by Gasteiger charge is -1.93. The van der Waals surface area contributed by atoms with E-state index in [-0.39, 0.29) is 0 Å². The minimum atomic E-state index is 0.660. The Morgan fingerprint density at radius 2 is 2.46 bits per heavy atom. The summed E-state index contributed by atoms with van der Waals surface area (Å²) >= 11 is 0. The van der Waals surface area contributed by atoms with E-state index in [1.807, 2.05) is 19.1 Å². The van der Waals surface area contributed by atoms with Gasteiger partial charge in [-0.15, -0.1) is 0 Å². The van der Waals surface area contributed by atoms with Gasteiger partial charge in [0.1, 0.15) is 0 Å². The molecule has 4 heteroatoms. The first-order valence-electron chi connectivity index (χ1n) is 4.31. The maximum absolute atomic E-state index is 5.43. The average Bonchev–Trinajstić information content (AvgIpc) is 2.57. The summed E-state index contributed by atoms with van der Waals surface area (Å²) in [6.45, 7) is 3.61. The van der Waals surface area contributed by atoms with E-state index in [1.165, 1.54) is 0 Å². The summed E-state index contributed by atoms with van der Waals surface area (Å²) in [4.78, 5) is 8.29. The van der Waals surface area contributed by atoms with Crippen molar-refractivity contribution >= 4 is 11.2 Å². The van der Waals surface area contributed by atoms with Gasteiger partial charge in [-0.25, -0.2) is 4.98 Å². The Morgan fingerprint density at radius 1 is 1.54 bits per heavy atom. The Bertz CT molecular complexity index is 363. The standard InChI is InChI=1S/C9H11N3O/c1-2-10-6-8-12-9-7(13-8)4-3-5-11-9/h3-5,10H,2,6H2,1H3. The van der Waals surface area contributed by atoms with Crippen LogP contribution in [-0.4, -0.2) is 16.5 Å². The van der Waals surface area contributed by atoms with Gasteiger partial charge in [0, 0.05) is 6.20 Å². The van der Waals surface area contributed by atoms with Crippen molar-refractivity contribution in [2.45, 2.75) is 13.5 Å². The minimum absolute atomic E-state index is 0.660. The Labute approximate surface area is 76.0 Å². The molecule has 0 amide bonds. The van der Waals surface area contributed by atoms with E-state index in [1.54, 1.807) is 6.20 Å². The highest BCUT2D eigenvalue weighted by atomic mass is 16.3. The zero-order valence-electron chi connectivity index (χ0n) is 7.45. The molecule has 4 nitrogen and oxygen atoms in total. The highest BCUT2D eigenvalue weighted by Crippen LogP contribution is 2.11. The van der Waals surface area contributed by atoms with Gasteiger partial charge in [-0.3, -0.25) is 0 Å². The maximum atomic E-state index is 5.43. The second kappa shape index (κ2) is 3.53. The highest BCUT2D eigenvalue weighted by molar-refractivity contribution is 5.66. The second-order valence-electron chi connectivity index (χ2n) is 2.71. The monoisotopic (exact) mass is 177 g/mol. The fourth-order valence-corrected chi connectivity index (χ4v) is 1.12. The van der Waals surface area contributed by atoms with Gasteiger partial charge in [0.05, 0.1) is 6.54 Å². The summed E-state index contributed by atoms with van der Waals surface area (Å²) in [5.74, 6) is 0.690. The maximum Gasteiger partial charge on any atom is 0.211 e. The van der Waals surface area contributed by atoms with Crippen LogP contribution in [0.3, 0.4) is 0 Å². The number of oxazole rings is 1. The smallest absolute Gasteiger partial charge is 0.211 e. The van der Waals surface area contributed by atoms with E-state index >= 15 is 0 Å². The number of nitrogens with one attached hydrogen (secondary N) is 1. The molecule has 0 bridgehead atoms. The van der Waals surface area contributed by atoms with Crippen LogP contribution in [0.2, 0.25) is 0 Å². The zero-order valence-corrected chi connectivity index (χ0v) is 7.45. The molecule has 13 heavy (non-hydrogen) atoms. The highest BCUT2D eigenvalue weighted by Gasteiger charge is 2.03. The van der Waals surface area contributed by atoms with E-state index in [0.717, 1.165) is 12.1 Å². The van der Waals surface area contributed by atoms with E-state index in [0.29, 0.717) is 18.1 Å². The molecule has 0 saturated carbocycles. The van der Waals surface area contributed by atoms with Crippen molar-refractivity contribution in [3.05, 3.63) is 24.2 Å². The predicted octanol–water partition coefficient (Wildman–Crippen LogP) is 1.33. The molecule has 2 heterocycles. The molecule has 68 valence electrons. The molecule has 0 spiro atoms. The first-order chi connectivity index (χ1) is 6.40. The van der Waals surface area contributed by atoms with Crippen molar-refractivity contribution in [2.24, 2.45) is 0 Å². The molecule has 2 rings (SSSR count). The molecule has 0 atom stereocenters. The molecular formula is C9H11N3O. The molecule has 0 saturated heterocycles. The third kappa shape index (κ3) is 1.67. The summed E-state index contributed by atoms with van der Waals surface area (Å²) in [6, 6.07) is 3.70. The number of aromatic nitrogens is 2. The van der Waals surface area contributed by atoms with Crippen LogP contribution in [0.4, 0.5) is 0 Å². The van der Waals surface area contributed by atoms with Crippen molar-refractivity contribution < 1.29 is 4.42 Å². The molecular weight excluding hydrogens is 166 g/mol. The minimum Gasteiger partial charge on any atom is -0.438 e. The molecule has 0 radical (unpaired) electrons. The summed E-state index contributed by atoms with van der Waals surface area (Å²) in [5, 5.41) is 3.14. The molecule has 2 aromatic rings. The van der Waals surface area contributed by atoms with Gasteiger partial charge in [0.15, 0.2) is 11.2 Å². The van der Waals surface area contributed by atoms with Crippen molar-refractivity contribution in [1.29, 1.82) is 0 Å².